The average Bonchev–Trinajstić information content (AvgIpc) is 2.38. The van der Waals surface area contributed by atoms with E-state index >= 15 is 0 Å². The van der Waals surface area contributed by atoms with E-state index in [0.717, 1.165) is 0 Å². The van der Waals surface area contributed by atoms with Gasteiger partial charge < -0.3 is 5.32 Å². The van der Waals surface area contributed by atoms with Crippen molar-refractivity contribution in [3.8, 4) is 0 Å². The van der Waals surface area contributed by atoms with Gasteiger partial charge in [0.05, 0.1) is 28.0 Å². The zero-order valence-electron chi connectivity index (χ0n) is 10.2. The van der Waals surface area contributed by atoms with E-state index in [0.29, 0.717) is 27.8 Å². The molecular weight excluding hydrogens is 288 g/mol. The molecule has 1 N–H and O–H groups in total. The summed E-state index contributed by atoms with van der Waals surface area (Å²) in [6.07, 6.45) is 4.20. The highest BCUT2D eigenvalue weighted by molar-refractivity contribution is 6.34. The molecule has 2 heterocycles. The van der Waals surface area contributed by atoms with E-state index in [2.05, 4.69) is 15.3 Å². The van der Waals surface area contributed by atoms with Crippen LogP contribution < -0.4 is 5.32 Å². The van der Waals surface area contributed by atoms with Gasteiger partial charge in [-0.1, -0.05) is 30.1 Å². The number of nitrogens with one attached hydrogen (secondary N) is 1. The molecule has 0 aliphatic rings. The molecule has 0 aliphatic carbocycles. The predicted molar refractivity (Wildman–Crippen MR) is 74.0 cm³/mol. The third-order valence-corrected chi connectivity index (χ3v) is 3.14. The van der Waals surface area contributed by atoms with Gasteiger partial charge in [-0.2, -0.15) is 0 Å². The molecule has 2 aromatic rings. The summed E-state index contributed by atoms with van der Waals surface area (Å²) in [4.78, 5) is 7.94. The molecule has 0 saturated carbocycles. The molecular formula is C13H12Cl2FN3. The van der Waals surface area contributed by atoms with Crippen molar-refractivity contribution in [2.45, 2.75) is 13.0 Å². The zero-order chi connectivity index (χ0) is 13.8. The van der Waals surface area contributed by atoms with Crippen LogP contribution in [0.4, 0.5) is 4.39 Å². The lowest BCUT2D eigenvalue weighted by atomic mass is 10.0. The number of aromatic nitrogens is 2. The Hall–Kier alpha value is -1.23. The van der Waals surface area contributed by atoms with Crippen molar-refractivity contribution in [2.24, 2.45) is 0 Å². The van der Waals surface area contributed by atoms with Gasteiger partial charge in [0.2, 0.25) is 0 Å². The first-order chi connectivity index (χ1) is 9.13. The molecule has 100 valence electrons. The lowest BCUT2D eigenvalue weighted by Gasteiger charge is -2.19. The molecule has 0 aliphatic heterocycles. The summed E-state index contributed by atoms with van der Waals surface area (Å²) < 4.78 is 13.9. The second-order valence-electron chi connectivity index (χ2n) is 3.91. The maximum atomic E-state index is 13.9. The molecule has 2 rings (SSSR count). The number of halogens is 3. The van der Waals surface area contributed by atoms with Gasteiger partial charge in [-0.15, -0.1) is 0 Å². The number of pyridine rings is 2. The van der Waals surface area contributed by atoms with Crippen LogP contribution in [-0.2, 0) is 0 Å². The van der Waals surface area contributed by atoms with Crippen molar-refractivity contribution in [1.82, 2.24) is 15.3 Å². The Morgan fingerprint density at radius 2 is 2.16 bits per heavy atom. The first-order valence-corrected chi connectivity index (χ1v) is 6.52. The van der Waals surface area contributed by atoms with Crippen molar-refractivity contribution in [2.75, 3.05) is 6.54 Å². The van der Waals surface area contributed by atoms with Crippen LogP contribution in [0.2, 0.25) is 10.0 Å². The van der Waals surface area contributed by atoms with E-state index in [-0.39, 0.29) is 0 Å². The largest absolute Gasteiger partial charge is 0.305 e. The molecule has 1 unspecified atom stereocenters. The van der Waals surface area contributed by atoms with Crippen LogP contribution in [0.15, 0.2) is 30.7 Å². The molecule has 6 heteroatoms. The molecule has 0 radical (unpaired) electrons. The third-order valence-electron chi connectivity index (χ3n) is 2.63. The maximum Gasteiger partial charge on any atom is 0.146 e. The highest BCUT2D eigenvalue weighted by Gasteiger charge is 2.21. The van der Waals surface area contributed by atoms with Crippen molar-refractivity contribution in [3.63, 3.8) is 0 Å². The van der Waals surface area contributed by atoms with Crippen LogP contribution >= 0.6 is 23.2 Å². The SMILES string of the molecule is CCNC(c1ccncc1F)c1ncc(Cl)cc1Cl. The van der Waals surface area contributed by atoms with Gasteiger partial charge in [-0.3, -0.25) is 9.97 Å². The molecule has 0 aromatic carbocycles. The Labute approximate surface area is 120 Å². The minimum absolute atomic E-state index is 0.398. The fourth-order valence-electron chi connectivity index (χ4n) is 1.82. The van der Waals surface area contributed by atoms with Gasteiger partial charge in [0.15, 0.2) is 0 Å². The molecule has 0 amide bonds. The highest BCUT2D eigenvalue weighted by Crippen LogP contribution is 2.29. The van der Waals surface area contributed by atoms with Crippen molar-refractivity contribution >= 4 is 23.2 Å². The lowest BCUT2D eigenvalue weighted by Crippen LogP contribution is -2.24. The molecule has 0 bridgehead atoms. The van der Waals surface area contributed by atoms with Gasteiger partial charge in [0.1, 0.15) is 5.82 Å². The Morgan fingerprint density at radius 1 is 1.37 bits per heavy atom. The van der Waals surface area contributed by atoms with E-state index < -0.39 is 11.9 Å². The van der Waals surface area contributed by atoms with Gasteiger partial charge in [0, 0.05) is 18.0 Å². The van der Waals surface area contributed by atoms with Crippen LogP contribution in [0, 0.1) is 5.82 Å². The first kappa shape index (κ1) is 14.2. The van der Waals surface area contributed by atoms with E-state index in [1.165, 1.54) is 18.6 Å². The number of rotatable bonds is 4. The zero-order valence-corrected chi connectivity index (χ0v) is 11.7. The summed E-state index contributed by atoms with van der Waals surface area (Å²) in [5, 5.41) is 4.00. The summed E-state index contributed by atoms with van der Waals surface area (Å²) in [6.45, 7) is 2.57. The molecule has 3 nitrogen and oxygen atoms in total. The van der Waals surface area contributed by atoms with Crippen LogP contribution in [0.3, 0.4) is 0 Å². The highest BCUT2D eigenvalue weighted by atomic mass is 35.5. The predicted octanol–water partition coefficient (Wildman–Crippen LogP) is 3.62. The summed E-state index contributed by atoms with van der Waals surface area (Å²) in [6, 6.07) is 2.77. The second-order valence-corrected chi connectivity index (χ2v) is 4.75. The normalized spacial score (nSPS) is 12.4. The summed E-state index contributed by atoms with van der Waals surface area (Å²) >= 11 is 12.0. The topological polar surface area (TPSA) is 37.8 Å². The lowest BCUT2D eigenvalue weighted by molar-refractivity contribution is 0.548. The van der Waals surface area contributed by atoms with E-state index in [1.807, 2.05) is 6.92 Å². The van der Waals surface area contributed by atoms with Crippen LogP contribution in [0.1, 0.15) is 24.2 Å². The summed E-state index contributed by atoms with van der Waals surface area (Å²) in [5.74, 6) is -0.402. The van der Waals surface area contributed by atoms with Crippen LogP contribution in [0.5, 0.6) is 0 Å². The fourth-order valence-corrected chi connectivity index (χ4v) is 2.30. The van der Waals surface area contributed by atoms with Crippen LogP contribution in [0.25, 0.3) is 0 Å². The average molecular weight is 300 g/mol. The van der Waals surface area contributed by atoms with Gasteiger partial charge >= 0.3 is 0 Å². The summed E-state index contributed by atoms with van der Waals surface area (Å²) in [5.41, 5.74) is 0.992. The number of hydrogen-bond donors (Lipinski definition) is 1. The standard InChI is InChI=1S/C13H12Cl2FN3/c1-2-18-12(9-3-4-17-7-11(9)16)13-10(15)5-8(14)6-19-13/h3-7,12,18H,2H2,1H3. The Kier molecular flexibility index (Phi) is 4.69. The molecule has 2 aromatic heterocycles. The minimum atomic E-state index is -0.433. The smallest absolute Gasteiger partial charge is 0.146 e. The van der Waals surface area contributed by atoms with Gasteiger partial charge in [-0.25, -0.2) is 4.39 Å². The van der Waals surface area contributed by atoms with Crippen molar-refractivity contribution < 1.29 is 4.39 Å². The van der Waals surface area contributed by atoms with E-state index in [9.17, 15) is 4.39 Å². The van der Waals surface area contributed by atoms with Crippen molar-refractivity contribution in [3.05, 3.63) is 57.8 Å². The van der Waals surface area contributed by atoms with Gasteiger partial charge in [0.25, 0.3) is 0 Å². The molecule has 19 heavy (non-hydrogen) atoms. The van der Waals surface area contributed by atoms with Crippen LogP contribution in [-0.4, -0.2) is 16.5 Å². The fraction of sp³-hybridized carbons (Fsp3) is 0.231. The van der Waals surface area contributed by atoms with E-state index in [4.69, 9.17) is 23.2 Å². The Balaban J connectivity index is 2.48. The minimum Gasteiger partial charge on any atom is -0.305 e. The molecule has 0 fully saturated rings. The summed E-state index contributed by atoms with van der Waals surface area (Å²) in [7, 11) is 0. The monoisotopic (exact) mass is 299 g/mol. The quantitative estimate of drug-likeness (QED) is 0.937. The number of hydrogen-bond acceptors (Lipinski definition) is 3. The number of nitrogens with zero attached hydrogens (tertiary/aromatic N) is 2. The molecule has 0 spiro atoms. The first-order valence-electron chi connectivity index (χ1n) is 5.77. The molecule has 1 atom stereocenters. The third kappa shape index (κ3) is 3.21. The maximum absolute atomic E-state index is 13.9. The second kappa shape index (κ2) is 6.28. The van der Waals surface area contributed by atoms with E-state index in [1.54, 1.807) is 12.1 Å². The Morgan fingerprint density at radius 3 is 2.79 bits per heavy atom. The van der Waals surface area contributed by atoms with Gasteiger partial charge in [-0.05, 0) is 18.7 Å². The molecule has 0 saturated heterocycles. The van der Waals surface area contributed by atoms with Crippen molar-refractivity contribution in [1.29, 1.82) is 0 Å². The Bertz CT molecular complexity index is 578.